The van der Waals surface area contributed by atoms with Crippen molar-refractivity contribution in [2.75, 3.05) is 6.54 Å². The van der Waals surface area contributed by atoms with Gasteiger partial charge in [0.05, 0.1) is 0 Å². The number of carbonyl (C=O) groups is 1. The van der Waals surface area contributed by atoms with Crippen LogP contribution < -0.4 is 0 Å². The van der Waals surface area contributed by atoms with Gasteiger partial charge in [0.2, 0.25) is 0 Å². The number of ether oxygens (including phenoxy) is 1. The Labute approximate surface area is 133 Å². The summed E-state index contributed by atoms with van der Waals surface area (Å²) < 4.78 is 5.67. The van der Waals surface area contributed by atoms with Crippen molar-refractivity contribution < 1.29 is 9.53 Å². The molecule has 1 saturated carbocycles. The van der Waals surface area contributed by atoms with Crippen LogP contribution in [0.1, 0.15) is 45.6 Å². The van der Waals surface area contributed by atoms with Gasteiger partial charge >= 0.3 is 12.5 Å². The van der Waals surface area contributed by atoms with Crippen LogP contribution in [0.4, 0.5) is 0 Å². The molecule has 118 valence electrons. The molecule has 0 aliphatic heterocycles. The summed E-state index contributed by atoms with van der Waals surface area (Å²) in [5.74, 6) is 0.470. The highest BCUT2D eigenvalue weighted by atomic mass is 16.5. The molecule has 3 nitrogen and oxygen atoms in total. The summed E-state index contributed by atoms with van der Waals surface area (Å²) in [4.78, 5) is 14.9. The zero-order chi connectivity index (χ0) is 16.2. The normalized spacial score (nSPS) is 25.3. The lowest BCUT2D eigenvalue weighted by molar-refractivity contribution is -0.154. The number of hydrogen-bond acceptors (Lipinski definition) is 2. The Morgan fingerprint density at radius 3 is 2.64 bits per heavy atom. The minimum Gasteiger partial charge on any atom is -0.457 e. The van der Waals surface area contributed by atoms with E-state index in [0.717, 1.165) is 19.3 Å². The first-order valence-corrected chi connectivity index (χ1v) is 8.03. The largest absolute Gasteiger partial charge is 0.457 e. The van der Waals surface area contributed by atoms with Crippen molar-refractivity contribution in [1.82, 2.24) is 0 Å². The Kier molecular flexibility index (Phi) is 5.24. The molecule has 0 aromatic heterocycles. The molecule has 3 unspecified atom stereocenters. The Morgan fingerprint density at radius 2 is 2.00 bits per heavy atom. The Balaban J connectivity index is 2.21. The summed E-state index contributed by atoms with van der Waals surface area (Å²) in [6.45, 7) is 13.3. The highest BCUT2D eigenvalue weighted by molar-refractivity contribution is 5.73. The van der Waals surface area contributed by atoms with Crippen LogP contribution in [0, 0.1) is 18.4 Å². The second kappa shape index (κ2) is 6.96. The summed E-state index contributed by atoms with van der Waals surface area (Å²) in [6.07, 6.45) is 3.02. The Hall–Kier alpha value is -1.82. The van der Waals surface area contributed by atoms with Gasteiger partial charge < -0.3 is 9.58 Å². The van der Waals surface area contributed by atoms with Gasteiger partial charge in [-0.1, -0.05) is 57.5 Å². The average molecular weight is 299 g/mol. The highest BCUT2D eigenvalue weighted by Crippen LogP contribution is 2.43. The van der Waals surface area contributed by atoms with E-state index in [1.807, 2.05) is 6.07 Å². The second-order valence-electron chi connectivity index (χ2n) is 6.96. The van der Waals surface area contributed by atoms with E-state index in [0.29, 0.717) is 11.8 Å². The number of carbonyl (C=O) groups excluding carboxylic acids is 1. The summed E-state index contributed by atoms with van der Waals surface area (Å²) in [5.41, 5.74) is 1.23. The van der Waals surface area contributed by atoms with E-state index in [1.165, 1.54) is 5.56 Å². The molecule has 0 spiro atoms. The minimum atomic E-state index is -0.386. The smallest absolute Gasteiger partial charge is 0.387 e. The fourth-order valence-electron chi connectivity index (χ4n) is 3.64. The Bertz CT molecular complexity index is 544. The third-order valence-corrected chi connectivity index (χ3v) is 4.99. The molecule has 22 heavy (non-hydrogen) atoms. The van der Waals surface area contributed by atoms with E-state index >= 15 is 0 Å². The van der Waals surface area contributed by atoms with Crippen molar-refractivity contribution in [3.8, 4) is 0 Å². The number of hydrogen-bond donors (Lipinski definition) is 0. The molecule has 0 heterocycles. The fourth-order valence-corrected chi connectivity index (χ4v) is 3.64. The Morgan fingerprint density at radius 1 is 1.32 bits per heavy atom. The number of rotatable bonds is 4. The third kappa shape index (κ3) is 3.68. The topological polar surface area (TPSA) is 30.7 Å². The van der Waals surface area contributed by atoms with Crippen LogP contribution in [0.5, 0.6) is 0 Å². The second-order valence-corrected chi connectivity index (χ2v) is 6.96. The molecule has 1 aromatic carbocycles. The van der Waals surface area contributed by atoms with Crippen LogP contribution in [0.3, 0.4) is 0 Å². The zero-order valence-corrected chi connectivity index (χ0v) is 13.7. The van der Waals surface area contributed by atoms with Crippen LogP contribution in [0.25, 0.3) is 4.85 Å². The van der Waals surface area contributed by atoms with Gasteiger partial charge in [-0.3, -0.25) is 0 Å². The van der Waals surface area contributed by atoms with Crippen LogP contribution >= 0.6 is 0 Å². The standard InChI is InChI=1S/C19H25NO2/c1-14-10-11-16(17(12-14)22-18(21)13-20-4)19(2,3)15-8-6-5-7-9-15/h5-9,14,16-17H,10-13H2,1-3H3. The third-order valence-electron chi connectivity index (χ3n) is 4.99. The van der Waals surface area contributed by atoms with Gasteiger partial charge in [-0.2, -0.15) is 0 Å². The molecule has 0 amide bonds. The van der Waals surface area contributed by atoms with Gasteiger partial charge in [-0.25, -0.2) is 11.4 Å². The fraction of sp³-hybridized carbons (Fsp3) is 0.579. The van der Waals surface area contributed by atoms with Crippen molar-refractivity contribution in [3.63, 3.8) is 0 Å². The number of nitrogens with zero attached hydrogens (tertiary/aromatic N) is 1. The van der Waals surface area contributed by atoms with E-state index in [9.17, 15) is 4.79 Å². The van der Waals surface area contributed by atoms with Gasteiger partial charge in [0.1, 0.15) is 6.10 Å². The monoisotopic (exact) mass is 299 g/mol. The maximum absolute atomic E-state index is 11.8. The molecule has 3 heteroatoms. The average Bonchev–Trinajstić information content (AvgIpc) is 2.48. The van der Waals surface area contributed by atoms with Gasteiger partial charge in [-0.05, 0) is 29.7 Å². The van der Waals surface area contributed by atoms with Gasteiger partial charge in [0.15, 0.2) is 0 Å². The summed E-state index contributed by atoms with van der Waals surface area (Å²) in [7, 11) is 0. The lowest BCUT2D eigenvalue weighted by atomic mass is 9.64. The van der Waals surface area contributed by atoms with E-state index in [2.05, 4.69) is 49.9 Å². The van der Waals surface area contributed by atoms with Crippen molar-refractivity contribution in [2.45, 2.75) is 51.6 Å². The number of esters is 1. The van der Waals surface area contributed by atoms with Crippen LogP contribution in [-0.4, -0.2) is 18.6 Å². The molecule has 1 fully saturated rings. The lowest BCUT2D eigenvalue weighted by Crippen LogP contribution is -2.43. The lowest BCUT2D eigenvalue weighted by Gasteiger charge is -2.43. The maximum atomic E-state index is 11.8. The molecule has 0 radical (unpaired) electrons. The van der Waals surface area contributed by atoms with E-state index < -0.39 is 0 Å². The van der Waals surface area contributed by atoms with Crippen molar-refractivity contribution in [3.05, 3.63) is 47.3 Å². The van der Waals surface area contributed by atoms with Crippen molar-refractivity contribution >= 4 is 5.97 Å². The maximum Gasteiger partial charge on any atom is 0.387 e. The predicted octanol–water partition coefficient (Wildman–Crippen LogP) is 4.23. The summed E-state index contributed by atoms with van der Waals surface area (Å²) in [6, 6.07) is 10.4. The molecule has 0 saturated heterocycles. The molecule has 0 bridgehead atoms. The zero-order valence-electron chi connectivity index (χ0n) is 13.7. The molecular weight excluding hydrogens is 274 g/mol. The van der Waals surface area contributed by atoms with Gasteiger partial charge in [0.25, 0.3) is 0 Å². The van der Waals surface area contributed by atoms with E-state index in [1.54, 1.807) is 0 Å². The molecule has 1 aliphatic rings. The van der Waals surface area contributed by atoms with Gasteiger partial charge in [0, 0.05) is 5.92 Å². The SMILES string of the molecule is [C-]#[N+]CC(=O)OC1CC(C)CCC1C(C)(C)c1ccccc1. The predicted molar refractivity (Wildman–Crippen MR) is 87.3 cm³/mol. The molecular formula is C19H25NO2. The molecule has 1 aromatic rings. The van der Waals surface area contributed by atoms with E-state index in [-0.39, 0.29) is 24.0 Å². The first kappa shape index (κ1) is 16.5. The first-order valence-electron chi connectivity index (χ1n) is 8.03. The van der Waals surface area contributed by atoms with Crippen molar-refractivity contribution in [1.29, 1.82) is 0 Å². The minimum absolute atomic E-state index is 0.0511. The van der Waals surface area contributed by atoms with Crippen LogP contribution in [0.2, 0.25) is 0 Å². The molecule has 3 atom stereocenters. The van der Waals surface area contributed by atoms with Crippen LogP contribution in [-0.2, 0) is 14.9 Å². The summed E-state index contributed by atoms with van der Waals surface area (Å²) >= 11 is 0. The van der Waals surface area contributed by atoms with Crippen molar-refractivity contribution in [2.24, 2.45) is 11.8 Å². The molecule has 1 aliphatic carbocycles. The highest BCUT2D eigenvalue weighted by Gasteiger charge is 2.42. The number of benzene rings is 1. The molecule has 0 N–H and O–H groups in total. The quantitative estimate of drug-likeness (QED) is 0.615. The van der Waals surface area contributed by atoms with Crippen LogP contribution in [0.15, 0.2) is 30.3 Å². The molecule has 2 rings (SSSR count). The van der Waals surface area contributed by atoms with E-state index in [4.69, 9.17) is 11.3 Å². The first-order chi connectivity index (χ1) is 10.4. The summed E-state index contributed by atoms with van der Waals surface area (Å²) in [5, 5.41) is 0. The van der Waals surface area contributed by atoms with Gasteiger partial charge in [-0.15, -0.1) is 0 Å².